The zero-order chi connectivity index (χ0) is 12.4. The molecule has 1 saturated carbocycles. The minimum Gasteiger partial charge on any atom is -0.308 e. The van der Waals surface area contributed by atoms with Crippen molar-refractivity contribution in [2.75, 3.05) is 19.6 Å². The fourth-order valence-corrected chi connectivity index (χ4v) is 3.57. The first kappa shape index (κ1) is 12.2. The van der Waals surface area contributed by atoms with Crippen LogP contribution >= 0.6 is 0 Å². The minimum atomic E-state index is 0.518. The van der Waals surface area contributed by atoms with Crippen LogP contribution in [0.4, 0.5) is 0 Å². The van der Waals surface area contributed by atoms with E-state index >= 15 is 0 Å². The summed E-state index contributed by atoms with van der Waals surface area (Å²) in [6.07, 6.45) is 5.55. The monoisotopic (exact) mass is 244 g/mol. The predicted molar refractivity (Wildman–Crippen MR) is 75.6 cm³/mol. The van der Waals surface area contributed by atoms with Crippen LogP contribution < -0.4 is 5.32 Å². The van der Waals surface area contributed by atoms with Gasteiger partial charge < -0.3 is 5.32 Å². The van der Waals surface area contributed by atoms with Gasteiger partial charge in [-0.2, -0.15) is 0 Å². The molecule has 0 radical (unpaired) electrons. The maximum absolute atomic E-state index is 3.67. The summed E-state index contributed by atoms with van der Waals surface area (Å²) in [5.74, 6) is 0. The Labute approximate surface area is 110 Å². The van der Waals surface area contributed by atoms with Crippen LogP contribution in [0.2, 0.25) is 0 Å². The normalized spacial score (nSPS) is 27.7. The second-order valence-electron chi connectivity index (χ2n) is 5.79. The molecule has 1 saturated heterocycles. The highest BCUT2D eigenvalue weighted by atomic mass is 15.3. The van der Waals surface area contributed by atoms with Crippen LogP contribution in [-0.2, 0) is 0 Å². The van der Waals surface area contributed by atoms with E-state index in [9.17, 15) is 0 Å². The van der Waals surface area contributed by atoms with E-state index < -0.39 is 0 Å². The van der Waals surface area contributed by atoms with E-state index in [0.29, 0.717) is 11.6 Å². The van der Waals surface area contributed by atoms with E-state index in [4.69, 9.17) is 0 Å². The van der Waals surface area contributed by atoms with Crippen molar-refractivity contribution >= 4 is 0 Å². The highest BCUT2D eigenvalue weighted by Gasteiger charge is 2.42. The standard InChI is InChI=1S/C16H24N2/c1-2-16(9-6-10-16)18-12-11-17-15(13-18)14-7-4-3-5-8-14/h3-5,7-8,15,17H,2,6,9-13H2,1H3. The van der Waals surface area contributed by atoms with Crippen LogP contribution in [0.1, 0.15) is 44.2 Å². The Bertz CT molecular complexity index is 378. The summed E-state index contributed by atoms with van der Waals surface area (Å²) in [4.78, 5) is 2.75. The van der Waals surface area contributed by atoms with Gasteiger partial charge in [0.15, 0.2) is 0 Å². The van der Waals surface area contributed by atoms with Gasteiger partial charge in [-0.1, -0.05) is 37.3 Å². The second kappa shape index (κ2) is 5.02. The summed E-state index contributed by atoms with van der Waals surface area (Å²) in [5, 5.41) is 3.67. The van der Waals surface area contributed by atoms with Gasteiger partial charge in [0.25, 0.3) is 0 Å². The molecule has 1 aliphatic carbocycles. The highest BCUT2D eigenvalue weighted by Crippen LogP contribution is 2.41. The number of nitrogens with one attached hydrogen (secondary N) is 1. The van der Waals surface area contributed by atoms with Crippen molar-refractivity contribution in [3.63, 3.8) is 0 Å². The van der Waals surface area contributed by atoms with Gasteiger partial charge in [0.2, 0.25) is 0 Å². The lowest BCUT2D eigenvalue weighted by Crippen LogP contribution is -2.59. The summed E-state index contributed by atoms with van der Waals surface area (Å²) in [5.41, 5.74) is 1.97. The molecule has 98 valence electrons. The van der Waals surface area contributed by atoms with Crippen molar-refractivity contribution in [1.82, 2.24) is 10.2 Å². The zero-order valence-electron chi connectivity index (χ0n) is 11.4. The number of hydrogen-bond donors (Lipinski definition) is 1. The molecule has 1 atom stereocenters. The molecule has 1 aromatic carbocycles. The molecule has 2 heteroatoms. The molecule has 0 bridgehead atoms. The average Bonchev–Trinajstić information content (AvgIpc) is 2.40. The Kier molecular flexibility index (Phi) is 3.40. The molecule has 2 aliphatic rings. The van der Waals surface area contributed by atoms with Crippen LogP contribution in [0.15, 0.2) is 30.3 Å². The predicted octanol–water partition coefficient (Wildman–Crippen LogP) is 2.97. The molecule has 0 spiro atoms. The van der Waals surface area contributed by atoms with Gasteiger partial charge >= 0.3 is 0 Å². The number of rotatable bonds is 3. The van der Waals surface area contributed by atoms with Crippen molar-refractivity contribution in [1.29, 1.82) is 0 Å². The van der Waals surface area contributed by atoms with Crippen molar-refractivity contribution in [3.05, 3.63) is 35.9 Å². The molecular formula is C16H24N2. The van der Waals surface area contributed by atoms with Crippen molar-refractivity contribution in [3.8, 4) is 0 Å². The molecular weight excluding hydrogens is 220 g/mol. The minimum absolute atomic E-state index is 0.518. The van der Waals surface area contributed by atoms with Crippen LogP contribution in [0.3, 0.4) is 0 Å². The van der Waals surface area contributed by atoms with Gasteiger partial charge in [0, 0.05) is 31.2 Å². The lowest BCUT2D eigenvalue weighted by atomic mass is 9.73. The Morgan fingerprint density at radius 2 is 2.06 bits per heavy atom. The van der Waals surface area contributed by atoms with E-state index in [0.717, 1.165) is 6.54 Å². The topological polar surface area (TPSA) is 15.3 Å². The Morgan fingerprint density at radius 1 is 1.28 bits per heavy atom. The third-order valence-corrected chi connectivity index (χ3v) is 4.99. The third kappa shape index (κ3) is 2.08. The summed E-state index contributed by atoms with van der Waals surface area (Å²) in [7, 11) is 0. The van der Waals surface area contributed by atoms with Crippen LogP contribution in [0.25, 0.3) is 0 Å². The molecule has 1 heterocycles. The molecule has 18 heavy (non-hydrogen) atoms. The van der Waals surface area contributed by atoms with E-state index in [-0.39, 0.29) is 0 Å². The zero-order valence-corrected chi connectivity index (χ0v) is 11.4. The molecule has 1 N–H and O–H groups in total. The molecule has 1 unspecified atom stereocenters. The molecule has 1 aliphatic heterocycles. The second-order valence-corrected chi connectivity index (χ2v) is 5.79. The number of piperazine rings is 1. The average molecular weight is 244 g/mol. The Morgan fingerprint density at radius 3 is 2.67 bits per heavy atom. The molecule has 0 aromatic heterocycles. The van der Waals surface area contributed by atoms with E-state index in [1.165, 1.54) is 44.3 Å². The smallest absolute Gasteiger partial charge is 0.0449 e. The lowest BCUT2D eigenvalue weighted by Gasteiger charge is -2.53. The van der Waals surface area contributed by atoms with Gasteiger partial charge in [0.05, 0.1) is 0 Å². The highest BCUT2D eigenvalue weighted by molar-refractivity contribution is 5.20. The maximum Gasteiger partial charge on any atom is 0.0449 e. The summed E-state index contributed by atoms with van der Waals surface area (Å²) >= 11 is 0. The lowest BCUT2D eigenvalue weighted by molar-refractivity contribution is -0.00790. The van der Waals surface area contributed by atoms with Gasteiger partial charge in [-0.05, 0) is 31.2 Å². The van der Waals surface area contributed by atoms with Crippen molar-refractivity contribution in [2.24, 2.45) is 0 Å². The van der Waals surface area contributed by atoms with Crippen LogP contribution in [0, 0.1) is 0 Å². The molecule has 0 amide bonds. The van der Waals surface area contributed by atoms with Crippen molar-refractivity contribution in [2.45, 2.75) is 44.2 Å². The SMILES string of the molecule is CCC1(N2CCNC(c3ccccc3)C2)CCC1. The molecule has 1 aromatic rings. The van der Waals surface area contributed by atoms with E-state index in [2.05, 4.69) is 47.5 Å². The first-order valence-electron chi connectivity index (χ1n) is 7.37. The number of hydrogen-bond acceptors (Lipinski definition) is 2. The molecule has 3 rings (SSSR count). The summed E-state index contributed by atoms with van der Waals surface area (Å²) in [6, 6.07) is 11.4. The Hall–Kier alpha value is -0.860. The van der Waals surface area contributed by atoms with Crippen LogP contribution in [-0.4, -0.2) is 30.1 Å². The van der Waals surface area contributed by atoms with E-state index in [1.807, 2.05) is 0 Å². The first-order chi connectivity index (χ1) is 8.84. The quantitative estimate of drug-likeness (QED) is 0.879. The van der Waals surface area contributed by atoms with Crippen molar-refractivity contribution < 1.29 is 0 Å². The fourth-order valence-electron chi connectivity index (χ4n) is 3.57. The van der Waals surface area contributed by atoms with Gasteiger partial charge in [0.1, 0.15) is 0 Å². The summed E-state index contributed by atoms with van der Waals surface area (Å²) in [6.45, 7) is 5.88. The third-order valence-electron chi connectivity index (χ3n) is 4.99. The van der Waals surface area contributed by atoms with Gasteiger partial charge in [-0.15, -0.1) is 0 Å². The maximum atomic E-state index is 3.67. The molecule has 2 nitrogen and oxygen atoms in total. The largest absolute Gasteiger partial charge is 0.308 e. The van der Waals surface area contributed by atoms with Crippen LogP contribution in [0.5, 0.6) is 0 Å². The number of nitrogens with zero attached hydrogens (tertiary/aromatic N) is 1. The van der Waals surface area contributed by atoms with Gasteiger partial charge in [-0.25, -0.2) is 0 Å². The van der Waals surface area contributed by atoms with Gasteiger partial charge in [-0.3, -0.25) is 4.90 Å². The first-order valence-corrected chi connectivity index (χ1v) is 7.37. The van der Waals surface area contributed by atoms with E-state index in [1.54, 1.807) is 0 Å². The fraction of sp³-hybridized carbons (Fsp3) is 0.625. The Balaban J connectivity index is 1.72. The summed E-state index contributed by atoms with van der Waals surface area (Å²) < 4.78 is 0. The molecule has 2 fully saturated rings. The number of benzene rings is 1.